The molecule has 0 fully saturated rings. The molecule has 1 aromatic carbocycles. The first kappa shape index (κ1) is 12.4. The molecule has 0 saturated carbocycles. The molecule has 2 N–H and O–H groups in total. The number of alkyl halides is 3. The Kier molecular flexibility index (Phi) is 4.04. The minimum atomic E-state index is -4.21. The summed E-state index contributed by atoms with van der Waals surface area (Å²) in [5.41, 5.74) is 5.96. The molecule has 84 valence electrons. The molecule has 1 atom stereocenters. The molecule has 0 aliphatic carbocycles. The maximum atomic E-state index is 12.1. The van der Waals surface area contributed by atoms with Crippen LogP contribution in [0.5, 0.6) is 0 Å². The predicted octanol–water partition coefficient (Wildman–Crippen LogP) is 3.36. The highest BCUT2D eigenvalue weighted by Crippen LogP contribution is 2.28. The second-order valence-electron chi connectivity index (χ2n) is 3.20. The van der Waals surface area contributed by atoms with Crippen LogP contribution in [-0.4, -0.2) is 12.4 Å². The summed E-state index contributed by atoms with van der Waals surface area (Å²) >= 11 is 1.54. The Morgan fingerprint density at radius 2 is 1.80 bits per heavy atom. The summed E-state index contributed by atoms with van der Waals surface area (Å²) in [5, 5.41) is 0. The van der Waals surface area contributed by atoms with Crippen LogP contribution < -0.4 is 5.73 Å². The van der Waals surface area contributed by atoms with Gasteiger partial charge in [0.1, 0.15) is 0 Å². The van der Waals surface area contributed by atoms with E-state index in [2.05, 4.69) is 0 Å². The van der Waals surface area contributed by atoms with Crippen LogP contribution in [-0.2, 0) is 0 Å². The molecule has 0 heterocycles. The summed E-state index contributed by atoms with van der Waals surface area (Å²) in [6.07, 6.45) is -3.28. The zero-order valence-corrected chi connectivity index (χ0v) is 9.03. The van der Waals surface area contributed by atoms with Crippen LogP contribution >= 0.6 is 11.8 Å². The molecule has 0 aromatic heterocycles. The van der Waals surface area contributed by atoms with Crippen molar-refractivity contribution in [2.24, 2.45) is 5.73 Å². The molecule has 0 amide bonds. The Balaban J connectivity index is 2.70. The highest BCUT2D eigenvalue weighted by Gasteiger charge is 2.30. The van der Waals surface area contributed by atoms with E-state index < -0.39 is 18.6 Å². The fourth-order valence-electron chi connectivity index (χ4n) is 1.22. The molecule has 0 spiro atoms. The quantitative estimate of drug-likeness (QED) is 0.813. The normalized spacial score (nSPS) is 13.9. The Hall–Kier alpha value is -0.680. The fraction of sp³-hybridized carbons (Fsp3) is 0.400. The van der Waals surface area contributed by atoms with E-state index in [4.69, 9.17) is 5.73 Å². The smallest absolute Gasteiger partial charge is 0.324 e. The Bertz CT molecular complexity index is 307. The van der Waals surface area contributed by atoms with Gasteiger partial charge in [0.05, 0.1) is 6.42 Å². The van der Waals surface area contributed by atoms with Crippen molar-refractivity contribution >= 4 is 11.8 Å². The van der Waals surface area contributed by atoms with Crippen molar-refractivity contribution in [1.82, 2.24) is 0 Å². The van der Waals surface area contributed by atoms with Gasteiger partial charge in [0.15, 0.2) is 0 Å². The summed E-state index contributed by atoms with van der Waals surface area (Å²) in [7, 11) is 0. The lowest BCUT2D eigenvalue weighted by Gasteiger charge is -2.14. The van der Waals surface area contributed by atoms with E-state index in [0.717, 1.165) is 4.90 Å². The van der Waals surface area contributed by atoms with Crippen molar-refractivity contribution < 1.29 is 13.2 Å². The molecule has 0 saturated heterocycles. The molecule has 1 rings (SSSR count). The van der Waals surface area contributed by atoms with Gasteiger partial charge in [-0.3, -0.25) is 0 Å². The van der Waals surface area contributed by atoms with Gasteiger partial charge < -0.3 is 5.73 Å². The summed E-state index contributed by atoms with van der Waals surface area (Å²) in [5.74, 6) is 0. The lowest BCUT2D eigenvalue weighted by atomic mass is 10.0. The zero-order valence-electron chi connectivity index (χ0n) is 8.21. The molecule has 1 aromatic rings. The van der Waals surface area contributed by atoms with Gasteiger partial charge in [-0.2, -0.15) is 13.2 Å². The van der Waals surface area contributed by atoms with Gasteiger partial charge in [0, 0.05) is 10.9 Å². The van der Waals surface area contributed by atoms with Gasteiger partial charge in [0.2, 0.25) is 0 Å². The number of benzene rings is 1. The summed E-state index contributed by atoms with van der Waals surface area (Å²) in [6, 6.07) is 5.86. The molecule has 15 heavy (non-hydrogen) atoms. The van der Waals surface area contributed by atoms with E-state index in [-0.39, 0.29) is 0 Å². The van der Waals surface area contributed by atoms with Crippen molar-refractivity contribution in [3.63, 3.8) is 0 Å². The minimum Gasteiger partial charge on any atom is -0.324 e. The second kappa shape index (κ2) is 4.90. The van der Waals surface area contributed by atoms with Gasteiger partial charge >= 0.3 is 6.18 Å². The highest BCUT2D eigenvalue weighted by atomic mass is 32.2. The van der Waals surface area contributed by atoms with E-state index in [0.29, 0.717) is 5.56 Å². The SMILES string of the molecule is CSc1ccc(C(N)CC(F)(F)F)cc1. The van der Waals surface area contributed by atoms with Crippen LogP contribution in [0.1, 0.15) is 18.0 Å². The number of hydrogen-bond donors (Lipinski definition) is 1. The lowest BCUT2D eigenvalue weighted by Crippen LogP contribution is -2.20. The average molecular weight is 235 g/mol. The monoisotopic (exact) mass is 235 g/mol. The molecular weight excluding hydrogens is 223 g/mol. The standard InChI is InChI=1S/C10H12F3NS/c1-15-8-4-2-7(3-5-8)9(14)6-10(11,12)13/h2-5,9H,6,14H2,1H3. The third-order valence-electron chi connectivity index (χ3n) is 2.00. The number of hydrogen-bond acceptors (Lipinski definition) is 2. The molecule has 0 aliphatic heterocycles. The van der Waals surface area contributed by atoms with Crippen molar-refractivity contribution in [1.29, 1.82) is 0 Å². The third-order valence-corrected chi connectivity index (χ3v) is 2.74. The first-order chi connectivity index (χ1) is 6.92. The summed E-state index contributed by atoms with van der Waals surface area (Å²) in [4.78, 5) is 1.01. The van der Waals surface area contributed by atoms with E-state index in [1.165, 1.54) is 11.8 Å². The van der Waals surface area contributed by atoms with Gasteiger partial charge in [-0.15, -0.1) is 11.8 Å². The van der Waals surface area contributed by atoms with E-state index in [1.807, 2.05) is 6.26 Å². The van der Waals surface area contributed by atoms with Crippen molar-refractivity contribution in [2.45, 2.75) is 23.5 Å². The van der Waals surface area contributed by atoms with E-state index in [1.54, 1.807) is 24.3 Å². The van der Waals surface area contributed by atoms with Gasteiger partial charge in [-0.25, -0.2) is 0 Å². The van der Waals surface area contributed by atoms with Crippen molar-refractivity contribution in [3.8, 4) is 0 Å². The van der Waals surface area contributed by atoms with Crippen LogP contribution in [0, 0.1) is 0 Å². The Morgan fingerprint density at radius 1 is 1.27 bits per heavy atom. The van der Waals surface area contributed by atoms with Gasteiger partial charge in [0.25, 0.3) is 0 Å². The largest absolute Gasteiger partial charge is 0.390 e. The fourth-order valence-corrected chi connectivity index (χ4v) is 1.63. The molecular formula is C10H12F3NS. The van der Waals surface area contributed by atoms with Crippen LogP contribution in [0.3, 0.4) is 0 Å². The number of rotatable bonds is 3. The van der Waals surface area contributed by atoms with Crippen molar-refractivity contribution in [3.05, 3.63) is 29.8 Å². The number of halogens is 3. The predicted molar refractivity (Wildman–Crippen MR) is 55.8 cm³/mol. The van der Waals surface area contributed by atoms with Crippen molar-refractivity contribution in [2.75, 3.05) is 6.26 Å². The molecule has 1 unspecified atom stereocenters. The average Bonchev–Trinajstić information content (AvgIpc) is 2.15. The first-order valence-corrected chi connectivity index (χ1v) is 5.61. The lowest BCUT2D eigenvalue weighted by molar-refractivity contribution is -0.138. The second-order valence-corrected chi connectivity index (χ2v) is 4.08. The van der Waals surface area contributed by atoms with E-state index in [9.17, 15) is 13.2 Å². The Morgan fingerprint density at radius 3 is 2.20 bits per heavy atom. The first-order valence-electron chi connectivity index (χ1n) is 4.38. The van der Waals surface area contributed by atoms with Crippen LogP contribution in [0.25, 0.3) is 0 Å². The number of nitrogens with two attached hydrogens (primary N) is 1. The summed E-state index contributed by atoms with van der Waals surface area (Å²) in [6.45, 7) is 0. The maximum absolute atomic E-state index is 12.1. The summed E-state index contributed by atoms with van der Waals surface area (Å²) < 4.78 is 36.2. The third kappa shape index (κ3) is 4.13. The van der Waals surface area contributed by atoms with Gasteiger partial charge in [-0.1, -0.05) is 12.1 Å². The van der Waals surface area contributed by atoms with Crippen LogP contribution in [0.4, 0.5) is 13.2 Å². The maximum Gasteiger partial charge on any atom is 0.390 e. The molecule has 0 bridgehead atoms. The minimum absolute atomic E-state index is 0.519. The van der Waals surface area contributed by atoms with Crippen LogP contribution in [0.15, 0.2) is 29.2 Å². The topological polar surface area (TPSA) is 26.0 Å². The van der Waals surface area contributed by atoms with E-state index >= 15 is 0 Å². The molecule has 0 radical (unpaired) electrons. The van der Waals surface area contributed by atoms with Crippen LogP contribution in [0.2, 0.25) is 0 Å². The zero-order chi connectivity index (χ0) is 11.5. The molecule has 1 nitrogen and oxygen atoms in total. The van der Waals surface area contributed by atoms with Gasteiger partial charge in [-0.05, 0) is 24.0 Å². The Labute approximate surface area is 90.9 Å². The highest BCUT2D eigenvalue weighted by molar-refractivity contribution is 7.98. The molecule has 5 heteroatoms. The molecule has 0 aliphatic rings. The number of thioether (sulfide) groups is 1.